The number of fused-ring (bicyclic) bond motifs is 1. The van der Waals surface area contributed by atoms with E-state index in [1.54, 1.807) is 7.11 Å². The maximum Gasteiger partial charge on any atom is 0.231 e. The van der Waals surface area contributed by atoms with Crippen molar-refractivity contribution >= 4 is 0 Å². The maximum absolute atomic E-state index is 6.10. The van der Waals surface area contributed by atoms with Gasteiger partial charge in [-0.3, -0.25) is 9.80 Å². The van der Waals surface area contributed by atoms with Crippen LogP contribution in [0.15, 0.2) is 12.1 Å². The third-order valence-corrected chi connectivity index (χ3v) is 5.17. The highest BCUT2D eigenvalue weighted by molar-refractivity contribution is 5.51. The molecule has 0 unspecified atom stereocenters. The molecular weight excluding hydrogens is 336 g/mol. The third kappa shape index (κ3) is 4.23. The van der Waals surface area contributed by atoms with Crippen LogP contribution in [0.1, 0.15) is 12.0 Å². The van der Waals surface area contributed by atoms with Crippen molar-refractivity contribution in [1.82, 2.24) is 9.80 Å². The molecular formula is C19H28N2O5. The summed E-state index contributed by atoms with van der Waals surface area (Å²) in [5.41, 5.74) is 1.13. The van der Waals surface area contributed by atoms with Gasteiger partial charge in [-0.2, -0.15) is 0 Å². The van der Waals surface area contributed by atoms with Crippen molar-refractivity contribution in [3.05, 3.63) is 17.7 Å². The summed E-state index contributed by atoms with van der Waals surface area (Å²) >= 11 is 0. The minimum Gasteiger partial charge on any atom is -0.496 e. The monoisotopic (exact) mass is 364 g/mol. The number of morpholine rings is 1. The fourth-order valence-corrected chi connectivity index (χ4v) is 3.82. The fourth-order valence-electron chi connectivity index (χ4n) is 3.82. The first-order valence-electron chi connectivity index (χ1n) is 9.42. The van der Waals surface area contributed by atoms with Crippen LogP contribution in [0.4, 0.5) is 0 Å². The zero-order valence-corrected chi connectivity index (χ0v) is 15.4. The summed E-state index contributed by atoms with van der Waals surface area (Å²) in [5, 5.41) is 0. The molecule has 0 aromatic heterocycles. The van der Waals surface area contributed by atoms with Crippen LogP contribution < -0.4 is 14.2 Å². The number of hydrogen-bond acceptors (Lipinski definition) is 7. The van der Waals surface area contributed by atoms with Gasteiger partial charge in [0.1, 0.15) is 5.75 Å². The standard InChI is InChI=1S/C19H28N2O5/c1-22-17-10-19-18(25-14-26-19)9-15(17)11-21-3-2-6-24-16(13-21)12-20-4-7-23-8-5-20/h9-10,16H,2-8,11-14H2,1H3/t16-/m1/s1. The van der Waals surface area contributed by atoms with Crippen molar-refractivity contribution < 1.29 is 23.7 Å². The number of rotatable bonds is 5. The largest absolute Gasteiger partial charge is 0.496 e. The van der Waals surface area contributed by atoms with E-state index in [1.807, 2.05) is 12.1 Å². The van der Waals surface area contributed by atoms with Crippen molar-refractivity contribution in [3.8, 4) is 17.2 Å². The van der Waals surface area contributed by atoms with E-state index in [0.29, 0.717) is 0 Å². The lowest BCUT2D eigenvalue weighted by Crippen LogP contribution is -2.44. The molecule has 0 radical (unpaired) electrons. The van der Waals surface area contributed by atoms with Crippen LogP contribution in [0.5, 0.6) is 17.2 Å². The van der Waals surface area contributed by atoms with Gasteiger partial charge in [0, 0.05) is 57.5 Å². The number of hydrogen-bond donors (Lipinski definition) is 0. The Bertz CT molecular complexity index is 606. The van der Waals surface area contributed by atoms with Crippen molar-refractivity contribution in [2.45, 2.75) is 19.1 Å². The Morgan fingerprint density at radius 2 is 1.85 bits per heavy atom. The molecule has 0 N–H and O–H groups in total. The Morgan fingerprint density at radius 1 is 1.04 bits per heavy atom. The van der Waals surface area contributed by atoms with Crippen molar-refractivity contribution in [2.24, 2.45) is 0 Å². The Hall–Kier alpha value is -1.54. The summed E-state index contributed by atoms with van der Waals surface area (Å²) < 4.78 is 28.1. The summed E-state index contributed by atoms with van der Waals surface area (Å²) in [6.45, 7) is 8.49. The van der Waals surface area contributed by atoms with Gasteiger partial charge >= 0.3 is 0 Å². The zero-order valence-electron chi connectivity index (χ0n) is 15.4. The molecule has 4 rings (SSSR count). The highest BCUT2D eigenvalue weighted by Gasteiger charge is 2.24. The van der Waals surface area contributed by atoms with E-state index in [-0.39, 0.29) is 12.9 Å². The van der Waals surface area contributed by atoms with Gasteiger partial charge in [-0.1, -0.05) is 0 Å². The van der Waals surface area contributed by atoms with Crippen molar-refractivity contribution in [3.63, 3.8) is 0 Å². The lowest BCUT2D eigenvalue weighted by molar-refractivity contribution is -0.0123. The molecule has 1 atom stereocenters. The second-order valence-electron chi connectivity index (χ2n) is 7.01. The van der Waals surface area contributed by atoms with Crippen LogP contribution in [0, 0.1) is 0 Å². The van der Waals surface area contributed by atoms with Crippen LogP contribution in [-0.4, -0.2) is 82.4 Å². The summed E-state index contributed by atoms with van der Waals surface area (Å²) in [6.07, 6.45) is 1.28. The third-order valence-electron chi connectivity index (χ3n) is 5.17. The molecule has 0 spiro atoms. The molecule has 1 aromatic rings. The molecule has 0 aliphatic carbocycles. The van der Waals surface area contributed by atoms with E-state index in [1.165, 1.54) is 0 Å². The van der Waals surface area contributed by atoms with Gasteiger partial charge in [0.05, 0.1) is 26.4 Å². The minimum absolute atomic E-state index is 0.232. The maximum atomic E-state index is 6.10. The first kappa shape index (κ1) is 17.9. The molecule has 7 nitrogen and oxygen atoms in total. The molecule has 3 heterocycles. The molecule has 1 aromatic carbocycles. The van der Waals surface area contributed by atoms with Crippen LogP contribution in [0.3, 0.4) is 0 Å². The molecule has 2 fully saturated rings. The van der Waals surface area contributed by atoms with Gasteiger partial charge in [-0.15, -0.1) is 0 Å². The average Bonchev–Trinajstić information content (AvgIpc) is 3.01. The van der Waals surface area contributed by atoms with E-state index in [4.69, 9.17) is 23.7 Å². The molecule has 3 aliphatic heterocycles. The summed E-state index contributed by atoms with van der Waals surface area (Å²) in [6, 6.07) is 3.97. The smallest absolute Gasteiger partial charge is 0.231 e. The molecule has 7 heteroatoms. The molecule has 0 amide bonds. The average molecular weight is 364 g/mol. The molecule has 144 valence electrons. The lowest BCUT2D eigenvalue weighted by Gasteiger charge is -2.31. The Morgan fingerprint density at radius 3 is 2.65 bits per heavy atom. The van der Waals surface area contributed by atoms with Crippen molar-refractivity contribution in [1.29, 1.82) is 0 Å². The number of nitrogens with zero attached hydrogens (tertiary/aromatic N) is 2. The van der Waals surface area contributed by atoms with Crippen LogP contribution >= 0.6 is 0 Å². The quantitative estimate of drug-likeness (QED) is 0.782. The first-order chi connectivity index (χ1) is 12.8. The van der Waals surface area contributed by atoms with E-state index >= 15 is 0 Å². The fraction of sp³-hybridized carbons (Fsp3) is 0.684. The predicted octanol–water partition coefficient (Wildman–Crippen LogP) is 1.35. The Balaban J connectivity index is 1.41. The molecule has 26 heavy (non-hydrogen) atoms. The Kier molecular flexibility index (Phi) is 5.79. The Labute approximate surface area is 154 Å². The van der Waals surface area contributed by atoms with Crippen LogP contribution in [0.25, 0.3) is 0 Å². The summed E-state index contributed by atoms with van der Waals surface area (Å²) in [4.78, 5) is 4.90. The summed E-state index contributed by atoms with van der Waals surface area (Å²) in [7, 11) is 1.70. The molecule has 0 bridgehead atoms. The van der Waals surface area contributed by atoms with Crippen molar-refractivity contribution in [2.75, 3.05) is 66.4 Å². The normalized spacial score (nSPS) is 24.4. The first-order valence-corrected chi connectivity index (χ1v) is 9.42. The van der Waals surface area contributed by atoms with Gasteiger partial charge in [0.25, 0.3) is 0 Å². The van der Waals surface area contributed by atoms with Crippen LogP contribution in [-0.2, 0) is 16.0 Å². The number of methoxy groups -OCH3 is 1. The van der Waals surface area contributed by atoms with Gasteiger partial charge in [-0.25, -0.2) is 0 Å². The van der Waals surface area contributed by atoms with Gasteiger partial charge in [0.2, 0.25) is 6.79 Å². The lowest BCUT2D eigenvalue weighted by atomic mass is 10.1. The molecule has 2 saturated heterocycles. The number of benzene rings is 1. The second-order valence-corrected chi connectivity index (χ2v) is 7.01. The second kappa shape index (κ2) is 8.43. The van der Waals surface area contributed by atoms with E-state index < -0.39 is 0 Å². The van der Waals surface area contributed by atoms with E-state index in [0.717, 1.165) is 88.3 Å². The summed E-state index contributed by atoms with van der Waals surface area (Å²) in [5.74, 6) is 2.41. The highest BCUT2D eigenvalue weighted by atomic mass is 16.7. The molecule has 0 saturated carbocycles. The topological polar surface area (TPSA) is 52.6 Å². The zero-order chi connectivity index (χ0) is 17.8. The van der Waals surface area contributed by atoms with E-state index in [2.05, 4.69) is 9.80 Å². The van der Waals surface area contributed by atoms with Gasteiger partial charge in [0.15, 0.2) is 11.5 Å². The minimum atomic E-state index is 0.232. The van der Waals surface area contributed by atoms with Crippen LogP contribution in [0.2, 0.25) is 0 Å². The number of ether oxygens (including phenoxy) is 5. The predicted molar refractivity (Wildman–Crippen MR) is 96.0 cm³/mol. The van der Waals surface area contributed by atoms with Gasteiger partial charge < -0.3 is 23.7 Å². The van der Waals surface area contributed by atoms with Gasteiger partial charge in [-0.05, 0) is 12.5 Å². The SMILES string of the molecule is COc1cc2c(cc1CN1CCCO[C@H](CN3CCOCC3)C1)OCO2. The molecule has 3 aliphatic rings. The van der Waals surface area contributed by atoms with E-state index in [9.17, 15) is 0 Å². The highest BCUT2D eigenvalue weighted by Crippen LogP contribution is 2.38.